The van der Waals surface area contributed by atoms with Crippen molar-refractivity contribution in [1.29, 1.82) is 0 Å². The van der Waals surface area contributed by atoms with Crippen LogP contribution in [0, 0.1) is 18.7 Å². The van der Waals surface area contributed by atoms with Gasteiger partial charge in [0, 0.05) is 11.1 Å². The molecule has 1 heterocycles. The zero-order valence-electron chi connectivity index (χ0n) is 11.7. The van der Waals surface area contributed by atoms with E-state index in [0.29, 0.717) is 5.56 Å². The number of hydrogen-bond donors (Lipinski definition) is 0. The largest absolute Gasteiger partial charge is 0.258 e. The van der Waals surface area contributed by atoms with Crippen molar-refractivity contribution in [3.05, 3.63) is 29.3 Å². The Morgan fingerprint density at radius 3 is 2.24 bits per heavy atom. The molecule has 0 aromatic carbocycles. The molecule has 1 aliphatic rings. The van der Waals surface area contributed by atoms with E-state index in [0.717, 1.165) is 11.6 Å². The van der Waals surface area contributed by atoms with Crippen LogP contribution in [-0.4, -0.2) is 4.98 Å². The van der Waals surface area contributed by atoms with Crippen molar-refractivity contribution in [2.75, 3.05) is 0 Å². The van der Waals surface area contributed by atoms with Crippen LogP contribution in [0.25, 0.3) is 0 Å². The monoisotopic (exact) mass is 237 g/mol. The number of rotatable bonds is 1. The highest BCUT2D eigenvalue weighted by molar-refractivity contribution is 5.21. The molecule has 0 atom stereocenters. The van der Waals surface area contributed by atoms with E-state index in [-0.39, 0.29) is 11.2 Å². The third kappa shape index (κ3) is 4.84. The molecule has 0 spiro atoms. The number of pyridine rings is 1. The van der Waals surface area contributed by atoms with Crippen LogP contribution in [-0.2, 0) is 5.41 Å². The van der Waals surface area contributed by atoms with E-state index in [9.17, 15) is 4.39 Å². The summed E-state index contributed by atoms with van der Waals surface area (Å²) in [5, 5.41) is 0. The predicted octanol–water partition coefficient (Wildman–Crippen LogP) is 4.63. The first-order chi connectivity index (χ1) is 7.84. The van der Waals surface area contributed by atoms with E-state index in [1.54, 1.807) is 13.0 Å². The van der Waals surface area contributed by atoms with Gasteiger partial charge in [0.15, 0.2) is 0 Å². The fourth-order valence-corrected chi connectivity index (χ4v) is 1.48. The van der Waals surface area contributed by atoms with Crippen molar-refractivity contribution in [2.45, 2.75) is 59.3 Å². The van der Waals surface area contributed by atoms with E-state index in [4.69, 9.17) is 0 Å². The molecule has 17 heavy (non-hydrogen) atoms. The Bertz CT molecular complexity index is 362. The molecule has 1 fully saturated rings. The SMILES string of the molecule is CCC1CC1.Cc1cc(C(C)(C)C)ncc1F. The lowest BCUT2D eigenvalue weighted by atomic mass is 9.91. The minimum Gasteiger partial charge on any atom is -0.258 e. The summed E-state index contributed by atoms with van der Waals surface area (Å²) in [6, 6.07) is 1.80. The summed E-state index contributed by atoms with van der Waals surface area (Å²) < 4.78 is 12.8. The molecule has 1 saturated carbocycles. The first kappa shape index (κ1) is 14.1. The number of nitrogens with zero attached hydrogens (tertiary/aromatic N) is 1. The van der Waals surface area contributed by atoms with E-state index >= 15 is 0 Å². The molecule has 0 unspecified atom stereocenters. The molecule has 0 amide bonds. The summed E-state index contributed by atoms with van der Waals surface area (Å²) in [5.74, 6) is 0.901. The normalized spacial score (nSPS) is 15.2. The van der Waals surface area contributed by atoms with Crippen LogP contribution >= 0.6 is 0 Å². The molecule has 0 radical (unpaired) electrons. The van der Waals surface area contributed by atoms with Gasteiger partial charge in [-0.05, 0) is 24.5 Å². The molecule has 96 valence electrons. The van der Waals surface area contributed by atoms with Gasteiger partial charge in [-0.25, -0.2) is 4.39 Å². The van der Waals surface area contributed by atoms with Gasteiger partial charge in [-0.1, -0.05) is 47.0 Å². The number of hydrogen-bond acceptors (Lipinski definition) is 1. The van der Waals surface area contributed by atoms with Gasteiger partial charge < -0.3 is 0 Å². The standard InChI is InChI=1S/C10H14FN.C5H10/c1-7-5-9(10(2,3)4)12-6-8(7)11;1-2-5-3-4-5/h5-6H,1-4H3;5H,2-4H2,1H3. The Morgan fingerprint density at radius 1 is 1.35 bits per heavy atom. The number of halogens is 1. The molecule has 1 aromatic heterocycles. The van der Waals surface area contributed by atoms with E-state index in [1.807, 2.05) is 0 Å². The first-order valence-electron chi connectivity index (χ1n) is 6.47. The van der Waals surface area contributed by atoms with Gasteiger partial charge in [-0.15, -0.1) is 0 Å². The summed E-state index contributed by atoms with van der Waals surface area (Å²) in [4.78, 5) is 4.04. The van der Waals surface area contributed by atoms with Crippen molar-refractivity contribution in [3.63, 3.8) is 0 Å². The molecule has 0 saturated heterocycles. The van der Waals surface area contributed by atoms with Crippen LogP contribution in [0.3, 0.4) is 0 Å². The minimum absolute atomic E-state index is 0.00153. The second-order valence-electron chi connectivity index (χ2n) is 5.92. The second kappa shape index (κ2) is 5.61. The third-order valence-corrected chi connectivity index (χ3v) is 3.09. The van der Waals surface area contributed by atoms with Crippen LogP contribution in [0.1, 0.15) is 58.2 Å². The van der Waals surface area contributed by atoms with Gasteiger partial charge in [-0.3, -0.25) is 4.98 Å². The second-order valence-corrected chi connectivity index (χ2v) is 5.92. The zero-order chi connectivity index (χ0) is 13.1. The molecule has 1 nitrogen and oxygen atoms in total. The maximum absolute atomic E-state index is 12.8. The van der Waals surface area contributed by atoms with Crippen molar-refractivity contribution in [3.8, 4) is 0 Å². The Kier molecular flexibility index (Phi) is 4.67. The summed E-state index contributed by atoms with van der Waals surface area (Å²) in [6.45, 7) is 10.2. The minimum atomic E-state index is -0.233. The lowest BCUT2D eigenvalue weighted by molar-refractivity contribution is 0.554. The quantitative estimate of drug-likeness (QED) is 0.693. The van der Waals surface area contributed by atoms with Crippen LogP contribution in [0.15, 0.2) is 12.3 Å². The molecule has 2 rings (SSSR count). The molecular formula is C15H24FN. The summed E-state index contributed by atoms with van der Waals surface area (Å²) >= 11 is 0. The summed E-state index contributed by atoms with van der Waals surface area (Å²) in [5.41, 5.74) is 1.59. The topological polar surface area (TPSA) is 12.9 Å². The molecule has 2 heteroatoms. The van der Waals surface area contributed by atoms with E-state index in [2.05, 4.69) is 32.7 Å². The van der Waals surface area contributed by atoms with Crippen molar-refractivity contribution < 1.29 is 4.39 Å². The Hall–Kier alpha value is -0.920. The zero-order valence-corrected chi connectivity index (χ0v) is 11.7. The van der Waals surface area contributed by atoms with Gasteiger partial charge >= 0.3 is 0 Å². The van der Waals surface area contributed by atoms with Gasteiger partial charge in [0.25, 0.3) is 0 Å². The van der Waals surface area contributed by atoms with Crippen LogP contribution in [0.2, 0.25) is 0 Å². The van der Waals surface area contributed by atoms with Gasteiger partial charge in [0.05, 0.1) is 6.20 Å². The van der Waals surface area contributed by atoms with E-state index in [1.165, 1.54) is 25.5 Å². The number of aromatic nitrogens is 1. The molecule has 1 aliphatic carbocycles. The summed E-state index contributed by atoms with van der Waals surface area (Å²) in [6.07, 6.45) is 5.73. The third-order valence-electron chi connectivity index (χ3n) is 3.09. The van der Waals surface area contributed by atoms with Gasteiger partial charge in [0.1, 0.15) is 5.82 Å². The van der Waals surface area contributed by atoms with Gasteiger partial charge in [0.2, 0.25) is 0 Å². The fraction of sp³-hybridized carbons (Fsp3) is 0.667. The molecular weight excluding hydrogens is 213 g/mol. The maximum Gasteiger partial charge on any atom is 0.144 e. The first-order valence-corrected chi connectivity index (χ1v) is 6.47. The highest BCUT2D eigenvalue weighted by Gasteiger charge is 2.17. The van der Waals surface area contributed by atoms with E-state index < -0.39 is 0 Å². The smallest absolute Gasteiger partial charge is 0.144 e. The van der Waals surface area contributed by atoms with Crippen molar-refractivity contribution in [2.24, 2.45) is 5.92 Å². The lowest BCUT2D eigenvalue weighted by Gasteiger charge is -2.17. The molecule has 0 bridgehead atoms. The Balaban J connectivity index is 0.000000239. The number of aryl methyl sites for hydroxylation is 1. The van der Waals surface area contributed by atoms with Crippen LogP contribution < -0.4 is 0 Å². The molecule has 1 aromatic rings. The summed E-state index contributed by atoms with van der Waals surface area (Å²) in [7, 11) is 0. The lowest BCUT2D eigenvalue weighted by Crippen LogP contribution is -2.13. The highest BCUT2D eigenvalue weighted by atomic mass is 19.1. The van der Waals surface area contributed by atoms with Gasteiger partial charge in [-0.2, -0.15) is 0 Å². The highest BCUT2D eigenvalue weighted by Crippen LogP contribution is 2.31. The Labute approximate surface area is 104 Å². The predicted molar refractivity (Wildman–Crippen MR) is 70.6 cm³/mol. The molecule has 0 N–H and O–H groups in total. The molecule has 0 aliphatic heterocycles. The maximum atomic E-state index is 12.8. The van der Waals surface area contributed by atoms with Crippen LogP contribution in [0.5, 0.6) is 0 Å². The van der Waals surface area contributed by atoms with Crippen molar-refractivity contribution in [1.82, 2.24) is 4.98 Å². The average molecular weight is 237 g/mol. The Morgan fingerprint density at radius 2 is 1.94 bits per heavy atom. The van der Waals surface area contributed by atoms with Crippen molar-refractivity contribution >= 4 is 0 Å². The van der Waals surface area contributed by atoms with Crippen LogP contribution in [0.4, 0.5) is 4.39 Å². The fourth-order valence-electron chi connectivity index (χ4n) is 1.48. The average Bonchev–Trinajstić information content (AvgIpc) is 3.04.